The molecule has 0 spiro atoms. The summed E-state index contributed by atoms with van der Waals surface area (Å²) in [6, 6.07) is 9.45. The van der Waals surface area contributed by atoms with E-state index in [1.807, 2.05) is 0 Å². The number of pyridine rings is 1. The van der Waals surface area contributed by atoms with Crippen LogP contribution in [0, 0.1) is 0 Å². The largest absolute Gasteiger partial charge is 0.454 e. The van der Waals surface area contributed by atoms with Crippen molar-refractivity contribution in [2.24, 2.45) is 0 Å². The Bertz CT molecular complexity index is 798. The number of carbonyl (C=O) groups is 1. The summed E-state index contributed by atoms with van der Waals surface area (Å²) < 4.78 is 7.18. The third-order valence-corrected chi connectivity index (χ3v) is 5.04. The van der Waals surface area contributed by atoms with Gasteiger partial charge in [0.2, 0.25) is 0 Å². The van der Waals surface area contributed by atoms with Crippen molar-refractivity contribution in [2.45, 2.75) is 44.3 Å². The van der Waals surface area contributed by atoms with Crippen LogP contribution in [-0.2, 0) is 6.54 Å². The zero-order valence-electron chi connectivity index (χ0n) is 14.2. The Morgan fingerprint density at radius 1 is 1.12 bits per heavy atom. The van der Waals surface area contributed by atoms with E-state index in [4.69, 9.17) is 4.42 Å². The molecule has 2 aromatic rings. The zero-order chi connectivity index (χ0) is 17.2. The van der Waals surface area contributed by atoms with Gasteiger partial charge in [0.05, 0.1) is 6.54 Å². The molecule has 1 aliphatic carbocycles. The Balaban J connectivity index is 1.33. The van der Waals surface area contributed by atoms with Gasteiger partial charge < -0.3 is 19.2 Å². The van der Waals surface area contributed by atoms with E-state index in [9.17, 15) is 9.59 Å². The number of aromatic nitrogens is 1. The summed E-state index contributed by atoms with van der Waals surface area (Å²) >= 11 is 0. The quantitative estimate of drug-likeness (QED) is 0.901. The third kappa shape index (κ3) is 3.85. The molecule has 0 bridgehead atoms. The number of hydrogen-bond acceptors (Lipinski definition) is 4. The normalized spacial score (nSPS) is 19.0. The van der Waals surface area contributed by atoms with Gasteiger partial charge in [-0.05, 0) is 43.9 Å². The topological polar surface area (TPSA) is 67.5 Å². The lowest BCUT2D eigenvalue weighted by molar-refractivity contribution is 0.0879. The first-order valence-corrected chi connectivity index (χ1v) is 8.98. The average Bonchev–Trinajstić information content (AvgIpc) is 3.36. The molecule has 4 rings (SSSR count). The Morgan fingerprint density at radius 3 is 2.64 bits per heavy atom. The summed E-state index contributed by atoms with van der Waals surface area (Å²) in [5.41, 5.74) is -0.0904. The molecule has 1 aliphatic heterocycles. The van der Waals surface area contributed by atoms with Crippen molar-refractivity contribution in [3.8, 4) is 0 Å². The van der Waals surface area contributed by atoms with Crippen LogP contribution < -0.4 is 10.9 Å². The van der Waals surface area contributed by atoms with Gasteiger partial charge >= 0.3 is 0 Å². The van der Waals surface area contributed by atoms with E-state index in [1.54, 1.807) is 35.0 Å². The van der Waals surface area contributed by atoms with Crippen molar-refractivity contribution in [3.05, 3.63) is 58.4 Å². The molecular formula is C19H23N3O3. The number of nitrogens with zero attached hydrogens (tertiary/aromatic N) is 2. The average molecular weight is 341 g/mol. The second-order valence-corrected chi connectivity index (χ2v) is 6.95. The van der Waals surface area contributed by atoms with Gasteiger partial charge in [0, 0.05) is 37.4 Å². The molecule has 1 saturated heterocycles. The lowest BCUT2D eigenvalue weighted by Crippen LogP contribution is -2.45. The van der Waals surface area contributed by atoms with E-state index < -0.39 is 0 Å². The highest BCUT2D eigenvalue weighted by molar-refractivity contribution is 5.91. The van der Waals surface area contributed by atoms with Gasteiger partial charge in [0.1, 0.15) is 5.76 Å². The maximum atomic E-state index is 12.4. The number of nitrogens with one attached hydrogen (secondary N) is 1. The van der Waals surface area contributed by atoms with E-state index >= 15 is 0 Å². The molecule has 6 heteroatoms. The number of furan rings is 1. The van der Waals surface area contributed by atoms with Crippen LogP contribution in [0.4, 0.5) is 0 Å². The van der Waals surface area contributed by atoms with Gasteiger partial charge in [-0.25, -0.2) is 0 Å². The van der Waals surface area contributed by atoms with Gasteiger partial charge in [-0.3, -0.25) is 9.59 Å². The van der Waals surface area contributed by atoms with Crippen LogP contribution in [-0.4, -0.2) is 40.5 Å². The summed E-state index contributed by atoms with van der Waals surface area (Å²) in [5, 5.41) is 3.08. The Hall–Kier alpha value is -2.34. The molecule has 0 atom stereocenters. The lowest BCUT2D eigenvalue weighted by atomic mass is 10.0. The minimum absolute atomic E-state index is 0.0904. The number of hydrogen-bond donors (Lipinski definition) is 1. The third-order valence-electron chi connectivity index (χ3n) is 5.04. The first-order chi connectivity index (χ1) is 12.2. The van der Waals surface area contributed by atoms with Gasteiger partial charge in [-0.1, -0.05) is 6.07 Å². The van der Waals surface area contributed by atoms with Crippen molar-refractivity contribution < 1.29 is 9.21 Å². The number of piperidine rings is 1. The molecule has 1 N–H and O–H groups in total. The summed E-state index contributed by atoms with van der Waals surface area (Å²) in [5.74, 6) is 0.738. The molecule has 25 heavy (non-hydrogen) atoms. The van der Waals surface area contributed by atoms with Crippen molar-refractivity contribution in [1.29, 1.82) is 0 Å². The molecular weight excluding hydrogens is 318 g/mol. The lowest BCUT2D eigenvalue weighted by Gasteiger charge is -2.32. The summed E-state index contributed by atoms with van der Waals surface area (Å²) in [6.07, 6.45) is 6.36. The Kier molecular flexibility index (Phi) is 4.44. The highest BCUT2D eigenvalue weighted by Crippen LogP contribution is 2.29. The van der Waals surface area contributed by atoms with E-state index in [0.717, 1.165) is 32.0 Å². The highest BCUT2D eigenvalue weighted by atomic mass is 16.4. The van der Waals surface area contributed by atoms with Crippen LogP contribution in [0.2, 0.25) is 0 Å². The van der Waals surface area contributed by atoms with E-state index in [-0.39, 0.29) is 17.5 Å². The second kappa shape index (κ2) is 6.88. The number of carbonyl (C=O) groups excluding carboxylic acids is 1. The first-order valence-electron chi connectivity index (χ1n) is 8.98. The molecule has 3 heterocycles. The summed E-state index contributed by atoms with van der Waals surface area (Å²) in [4.78, 5) is 26.7. The monoisotopic (exact) mass is 341 g/mol. The summed E-state index contributed by atoms with van der Waals surface area (Å²) in [6.45, 7) is 2.46. The van der Waals surface area contributed by atoms with Crippen molar-refractivity contribution >= 4 is 5.91 Å². The number of rotatable bonds is 5. The smallest absolute Gasteiger partial charge is 0.287 e. The van der Waals surface area contributed by atoms with Gasteiger partial charge in [-0.15, -0.1) is 0 Å². The minimum Gasteiger partial charge on any atom is -0.454 e. The van der Waals surface area contributed by atoms with Crippen LogP contribution in [0.5, 0.6) is 0 Å². The van der Waals surface area contributed by atoms with Crippen molar-refractivity contribution in [1.82, 2.24) is 14.8 Å². The fourth-order valence-electron chi connectivity index (χ4n) is 3.45. The van der Waals surface area contributed by atoms with Crippen LogP contribution in [0.25, 0.3) is 0 Å². The molecule has 2 aromatic heterocycles. The standard InChI is InChI=1S/C19H23N3O3/c23-18-3-1-2-10-22(18)13-16-6-7-17(25-16)19(24)20-14-8-11-21(12-9-14)15-4-5-15/h1-3,6-7,10,14-15H,4-5,8-9,11-13H2,(H,20,24). The van der Waals surface area contributed by atoms with Gasteiger partial charge in [-0.2, -0.15) is 0 Å². The molecule has 1 amide bonds. The molecule has 0 unspecified atom stereocenters. The maximum absolute atomic E-state index is 12.4. The molecule has 0 aromatic carbocycles. The van der Waals surface area contributed by atoms with E-state index in [2.05, 4.69) is 10.2 Å². The van der Waals surface area contributed by atoms with Crippen LogP contribution >= 0.6 is 0 Å². The molecule has 2 aliphatic rings. The Labute approximate surface area is 146 Å². The maximum Gasteiger partial charge on any atom is 0.287 e. The number of likely N-dealkylation sites (tertiary alicyclic amines) is 1. The molecule has 1 saturated carbocycles. The number of amides is 1. The van der Waals surface area contributed by atoms with E-state index in [1.165, 1.54) is 18.9 Å². The Morgan fingerprint density at radius 2 is 1.92 bits per heavy atom. The van der Waals surface area contributed by atoms with Crippen molar-refractivity contribution in [3.63, 3.8) is 0 Å². The highest BCUT2D eigenvalue weighted by Gasteiger charge is 2.32. The van der Waals surface area contributed by atoms with E-state index in [0.29, 0.717) is 18.1 Å². The van der Waals surface area contributed by atoms with Crippen molar-refractivity contribution in [2.75, 3.05) is 13.1 Å². The van der Waals surface area contributed by atoms with Crippen LogP contribution in [0.1, 0.15) is 42.0 Å². The van der Waals surface area contributed by atoms with Crippen LogP contribution in [0.15, 0.2) is 45.7 Å². The predicted molar refractivity (Wildman–Crippen MR) is 93.6 cm³/mol. The molecule has 2 fully saturated rings. The predicted octanol–water partition coefficient (Wildman–Crippen LogP) is 1.85. The second-order valence-electron chi connectivity index (χ2n) is 6.95. The van der Waals surface area contributed by atoms with Gasteiger partial charge in [0.15, 0.2) is 5.76 Å². The zero-order valence-corrected chi connectivity index (χ0v) is 14.2. The molecule has 132 valence electrons. The van der Waals surface area contributed by atoms with Crippen LogP contribution in [0.3, 0.4) is 0 Å². The SMILES string of the molecule is O=C(NC1CCN(C2CC2)CC1)c1ccc(Cn2ccccc2=O)o1. The van der Waals surface area contributed by atoms with Gasteiger partial charge in [0.25, 0.3) is 11.5 Å². The molecule has 6 nitrogen and oxygen atoms in total. The first kappa shape index (κ1) is 16.1. The fraction of sp³-hybridized carbons (Fsp3) is 0.474. The minimum atomic E-state index is -0.170. The molecule has 0 radical (unpaired) electrons. The summed E-state index contributed by atoms with van der Waals surface area (Å²) in [7, 11) is 0. The fourth-order valence-corrected chi connectivity index (χ4v) is 3.45.